The molecule has 1 rings (SSSR count). The summed E-state index contributed by atoms with van der Waals surface area (Å²) in [5.74, 6) is 0.559. The average Bonchev–Trinajstić information content (AvgIpc) is 2.18. The van der Waals surface area contributed by atoms with E-state index in [0.717, 1.165) is 8.95 Å². The van der Waals surface area contributed by atoms with E-state index in [1.165, 1.54) is 0 Å². The van der Waals surface area contributed by atoms with E-state index >= 15 is 0 Å². The fourth-order valence-electron chi connectivity index (χ4n) is 0.991. The van der Waals surface area contributed by atoms with Crippen molar-refractivity contribution in [2.45, 2.75) is 6.18 Å². The zero-order valence-corrected chi connectivity index (χ0v) is 11.7. The van der Waals surface area contributed by atoms with Gasteiger partial charge in [-0.05, 0) is 34.1 Å². The second-order valence-corrected chi connectivity index (χ2v) is 4.86. The van der Waals surface area contributed by atoms with Crippen molar-refractivity contribution >= 4 is 31.9 Å². The van der Waals surface area contributed by atoms with Gasteiger partial charge < -0.3 is 9.47 Å². The van der Waals surface area contributed by atoms with Gasteiger partial charge in [0.25, 0.3) is 0 Å². The zero-order chi connectivity index (χ0) is 12.9. The van der Waals surface area contributed by atoms with E-state index in [4.69, 9.17) is 4.74 Å². The first kappa shape index (κ1) is 14.8. The molecule has 0 radical (unpaired) electrons. The minimum absolute atomic E-state index is 0.0658. The van der Waals surface area contributed by atoms with E-state index in [-0.39, 0.29) is 13.2 Å². The number of alkyl halides is 3. The maximum atomic E-state index is 11.7. The van der Waals surface area contributed by atoms with E-state index in [1.54, 1.807) is 18.2 Å². The minimum Gasteiger partial charge on any atom is -0.490 e. The first-order valence-electron chi connectivity index (χ1n) is 4.61. The van der Waals surface area contributed by atoms with E-state index < -0.39 is 12.8 Å². The molecule has 0 N–H and O–H groups in total. The minimum atomic E-state index is -4.29. The largest absolute Gasteiger partial charge is 0.490 e. The third-order valence-corrected chi connectivity index (χ3v) is 2.76. The maximum absolute atomic E-state index is 11.7. The second kappa shape index (κ2) is 6.61. The van der Waals surface area contributed by atoms with E-state index in [0.29, 0.717) is 5.75 Å². The third-order valence-electron chi connectivity index (χ3n) is 1.64. The van der Waals surface area contributed by atoms with Crippen molar-refractivity contribution < 1.29 is 22.6 Å². The molecule has 0 saturated carbocycles. The molecule has 0 amide bonds. The molecule has 0 bridgehead atoms. The summed E-state index contributed by atoms with van der Waals surface area (Å²) in [5.41, 5.74) is 0. The van der Waals surface area contributed by atoms with Crippen molar-refractivity contribution in [3.63, 3.8) is 0 Å². The molecular formula is C10H9Br2F3O2. The topological polar surface area (TPSA) is 18.5 Å². The Labute approximate surface area is 113 Å². The molecule has 17 heavy (non-hydrogen) atoms. The molecule has 0 unspecified atom stereocenters. The molecule has 1 aromatic rings. The van der Waals surface area contributed by atoms with Crippen molar-refractivity contribution in [3.8, 4) is 5.75 Å². The van der Waals surface area contributed by atoms with Crippen LogP contribution in [0.5, 0.6) is 5.75 Å². The van der Waals surface area contributed by atoms with Crippen LogP contribution >= 0.6 is 31.9 Å². The molecular weight excluding hydrogens is 369 g/mol. The Morgan fingerprint density at radius 2 is 1.82 bits per heavy atom. The lowest BCUT2D eigenvalue weighted by atomic mass is 10.3. The van der Waals surface area contributed by atoms with Crippen LogP contribution in [0.4, 0.5) is 13.2 Å². The average molecular weight is 378 g/mol. The van der Waals surface area contributed by atoms with Crippen LogP contribution in [-0.4, -0.2) is 26.0 Å². The van der Waals surface area contributed by atoms with Gasteiger partial charge in [-0.25, -0.2) is 0 Å². The van der Waals surface area contributed by atoms with Crippen LogP contribution in [0.25, 0.3) is 0 Å². The first-order valence-corrected chi connectivity index (χ1v) is 6.19. The fourth-order valence-corrected chi connectivity index (χ4v) is 2.15. The lowest BCUT2D eigenvalue weighted by Crippen LogP contribution is -2.19. The quantitative estimate of drug-likeness (QED) is 0.717. The van der Waals surface area contributed by atoms with Gasteiger partial charge in [0.15, 0.2) is 0 Å². The highest BCUT2D eigenvalue weighted by Crippen LogP contribution is 2.28. The Bertz CT molecular complexity index is 369. The van der Waals surface area contributed by atoms with Gasteiger partial charge in [-0.1, -0.05) is 15.9 Å². The molecule has 0 spiro atoms. The Morgan fingerprint density at radius 1 is 1.12 bits per heavy atom. The monoisotopic (exact) mass is 376 g/mol. The SMILES string of the molecule is FC(F)(F)COCCOc1ccc(Br)cc1Br. The smallest absolute Gasteiger partial charge is 0.411 e. The van der Waals surface area contributed by atoms with Gasteiger partial charge in [0.2, 0.25) is 0 Å². The summed E-state index contributed by atoms with van der Waals surface area (Å²) in [5, 5.41) is 0. The number of ether oxygens (including phenoxy) is 2. The van der Waals surface area contributed by atoms with Gasteiger partial charge in [-0.2, -0.15) is 13.2 Å². The summed E-state index contributed by atoms with van der Waals surface area (Å²) < 4.78 is 46.5. The van der Waals surface area contributed by atoms with E-state index in [9.17, 15) is 13.2 Å². The predicted molar refractivity (Wildman–Crippen MR) is 64.2 cm³/mol. The predicted octanol–water partition coefficient (Wildman–Crippen LogP) is 4.17. The lowest BCUT2D eigenvalue weighted by Gasteiger charge is -2.10. The lowest BCUT2D eigenvalue weighted by molar-refractivity contribution is -0.175. The number of rotatable bonds is 5. The van der Waals surface area contributed by atoms with Crippen molar-refractivity contribution in [2.24, 2.45) is 0 Å². The first-order chi connectivity index (χ1) is 7.88. The number of halogens is 5. The number of hydrogen-bond acceptors (Lipinski definition) is 2. The molecule has 0 aliphatic carbocycles. The standard InChI is InChI=1S/C10H9Br2F3O2/c11-7-1-2-9(8(12)5-7)17-4-3-16-6-10(13,14)15/h1-2,5H,3-4,6H2. The van der Waals surface area contributed by atoms with Crippen LogP contribution in [0.15, 0.2) is 27.1 Å². The van der Waals surface area contributed by atoms with Crippen LogP contribution in [-0.2, 0) is 4.74 Å². The normalized spacial score (nSPS) is 11.6. The van der Waals surface area contributed by atoms with Crippen LogP contribution in [0.1, 0.15) is 0 Å². The highest BCUT2D eigenvalue weighted by molar-refractivity contribution is 9.11. The summed E-state index contributed by atoms with van der Waals surface area (Å²) in [6.45, 7) is -1.30. The van der Waals surface area contributed by atoms with Gasteiger partial charge in [0.1, 0.15) is 19.0 Å². The van der Waals surface area contributed by atoms with E-state index in [1.807, 2.05) is 0 Å². The molecule has 0 aromatic heterocycles. The second-order valence-electron chi connectivity index (χ2n) is 3.09. The van der Waals surface area contributed by atoms with Crippen molar-refractivity contribution in [1.82, 2.24) is 0 Å². The molecule has 0 aliphatic heterocycles. The zero-order valence-electron chi connectivity index (χ0n) is 8.56. The highest BCUT2D eigenvalue weighted by atomic mass is 79.9. The Kier molecular flexibility index (Phi) is 5.75. The Morgan fingerprint density at radius 3 is 2.41 bits per heavy atom. The number of benzene rings is 1. The molecule has 0 aliphatic rings. The summed E-state index contributed by atoms with van der Waals surface area (Å²) in [6.07, 6.45) is -4.29. The van der Waals surface area contributed by atoms with Crippen molar-refractivity contribution in [3.05, 3.63) is 27.1 Å². The maximum Gasteiger partial charge on any atom is 0.411 e. The molecule has 0 fully saturated rings. The molecule has 7 heteroatoms. The van der Waals surface area contributed by atoms with Gasteiger partial charge in [-0.15, -0.1) is 0 Å². The van der Waals surface area contributed by atoms with Crippen molar-refractivity contribution in [2.75, 3.05) is 19.8 Å². The summed E-state index contributed by atoms with van der Waals surface area (Å²) in [4.78, 5) is 0. The summed E-state index contributed by atoms with van der Waals surface area (Å²) >= 11 is 6.55. The van der Waals surface area contributed by atoms with Crippen LogP contribution in [0.2, 0.25) is 0 Å². The summed E-state index contributed by atoms with van der Waals surface area (Å²) in [6, 6.07) is 5.26. The van der Waals surface area contributed by atoms with Crippen molar-refractivity contribution in [1.29, 1.82) is 0 Å². The Balaban J connectivity index is 2.27. The molecule has 1 aromatic carbocycles. The molecule has 96 valence electrons. The molecule has 0 saturated heterocycles. The highest BCUT2D eigenvalue weighted by Gasteiger charge is 2.27. The van der Waals surface area contributed by atoms with Crippen LogP contribution < -0.4 is 4.74 Å². The van der Waals surface area contributed by atoms with Gasteiger partial charge in [0.05, 0.1) is 11.1 Å². The Hall–Kier alpha value is -0.270. The van der Waals surface area contributed by atoms with Gasteiger partial charge in [-0.3, -0.25) is 0 Å². The van der Waals surface area contributed by atoms with E-state index in [2.05, 4.69) is 36.6 Å². The van der Waals surface area contributed by atoms with Gasteiger partial charge in [0, 0.05) is 4.47 Å². The molecule has 2 nitrogen and oxygen atoms in total. The van der Waals surface area contributed by atoms with Crippen LogP contribution in [0.3, 0.4) is 0 Å². The molecule has 0 heterocycles. The fraction of sp³-hybridized carbons (Fsp3) is 0.400. The summed E-state index contributed by atoms with van der Waals surface area (Å²) in [7, 11) is 0. The van der Waals surface area contributed by atoms with Gasteiger partial charge >= 0.3 is 6.18 Å². The number of hydrogen-bond donors (Lipinski definition) is 0. The van der Waals surface area contributed by atoms with Crippen LogP contribution in [0, 0.1) is 0 Å². The third kappa shape index (κ3) is 6.28. The molecule has 0 atom stereocenters.